The Morgan fingerprint density at radius 3 is 2.29 bits per heavy atom. The van der Waals surface area contributed by atoms with Gasteiger partial charge in [-0.15, -0.1) is 0 Å². The summed E-state index contributed by atoms with van der Waals surface area (Å²) in [5.74, 6) is -1.84. The van der Waals surface area contributed by atoms with Gasteiger partial charge in [0.05, 0.1) is 30.1 Å². The van der Waals surface area contributed by atoms with Gasteiger partial charge < -0.3 is 24.5 Å². The highest BCUT2D eigenvalue weighted by Crippen LogP contribution is 2.59. The van der Waals surface area contributed by atoms with Crippen molar-refractivity contribution in [2.45, 2.75) is 103 Å². The summed E-state index contributed by atoms with van der Waals surface area (Å²) >= 11 is 0. The van der Waals surface area contributed by atoms with Crippen LogP contribution in [0.3, 0.4) is 0 Å². The van der Waals surface area contributed by atoms with Crippen molar-refractivity contribution in [1.29, 1.82) is 0 Å². The summed E-state index contributed by atoms with van der Waals surface area (Å²) in [5, 5.41) is 10.5. The number of aliphatic hydroxyl groups excluding tert-OH is 1. The van der Waals surface area contributed by atoms with Crippen LogP contribution in [-0.4, -0.2) is 93.1 Å². The van der Waals surface area contributed by atoms with Gasteiger partial charge in [-0.25, -0.2) is 0 Å². The standard InChI is InChI=1S/C30H47N3O5/c1-7-12-21(6)32-17-11-14-30-24(27(36)33(25(30)28(32)37)22(19-34)18-20(4)5)23-26(35)31(15-8-2)16-10-13-29(23,9-3)38-30/h10-11,13-14,20-25,34H,7-9,12,15-19H2,1-6H3/t21?,22-,23+,24+,25?,29-,30+/m1/s1. The maximum absolute atomic E-state index is 14.6. The maximum atomic E-state index is 14.6. The van der Waals surface area contributed by atoms with E-state index >= 15 is 0 Å². The molecule has 4 heterocycles. The summed E-state index contributed by atoms with van der Waals surface area (Å²) in [5.41, 5.74) is -2.24. The van der Waals surface area contributed by atoms with Crippen molar-refractivity contribution in [3.8, 4) is 0 Å². The SMILES string of the molecule is CCCC(C)N1CC=C[C@]23O[C@]4(CC)C=CCN(CCC)C(=O)[C@@H]4[C@H]2C(=O)N([C@@H](CO)CC(C)C)C3C1=O. The predicted molar refractivity (Wildman–Crippen MR) is 146 cm³/mol. The molecule has 2 fully saturated rings. The molecule has 3 amide bonds. The molecule has 0 aromatic heterocycles. The van der Waals surface area contributed by atoms with Crippen LogP contribution in [0.2, 0.25) is 0 Å². The highest BCUT2D eigenvalue weighted by molar-refractivity contribution is 6.00. The fraction of sp³-hybridized carbons (Fsp3) is 0.767. The van der Waals surface area contributed by atoms with E-state index < -0.39 is 35.1 Å². The molecule has 0 radical (unpaired) electrons. The van der Waals surface area contributed by atoms with Gasteiger partial charge in [0, 0.05) is 25.7 Å². The van der Waals surface area contributed by atoms with Crippen molar-refractivity contribution in [2.75, 3.05) is 26.2 Å². The van der Waals surface area contributed by atoms with Crippen molar-refractivity contribution in [2.24, 2.45) is 17.8 Å². The Hall–Kier alpha value is -2.19. The number of likely N-dealkylation sites (tertiary alicyclic amines) is 1. The Balaban J connectivity index is 1.90. The lowest BCUT2D eigenvalue weighted by atomic mass is 9.73. The van der Waals surface area contributed by atoms with Gasteiger partial charge in [0.1, 0.15) is 11.6 Å². The minimum absolute atomic E-state index is 0.00503. The molecular formula is C30H47N3O5. The van der Waals surface area contributed by atoms with Gasteiger partial charge in [-0.1, -0.05) is 65.3 Å². The Bertz CT molecular complexity index is 979. The zero-order chi connectivity index (χ0) is 27.8. The molecule has 2 saturated heterocycles. The fourth-order valence-electron chi connectivity index (χ4n) is 7.42. The van der Waals surface area contributed by atoms with Crippen molar-refractivity contribution in [3.05, 3.63) is 24.3 Å². The molecule has 7 atom stereocenters. The number of ether oxygens (including phenoxy) is 1. The summed E-state index contributed by atoms with van der Waals surface area (Å²) in [4.78, 5) is 48.5. The van der Waals surface area contributed by atoms with Crippen molar-refractivity contribution in [3.63, 3.8) is 0 Å². The molecule has 212 valence electrons. The second-order valence-electron chi connectivity index (χ2n) is 12.1. The summed E-state index contributed by atoms with van der Waals surface area (Å²) in [7, 11) is 0. The number of fused-ring (bicyclic) bond motifs is 2. The number of nitrogens with zero attached hydrogens (tertiary/aromatic N) is 3. The van der Waals surface area contributed by atoms with Crippen LogP contribution in [0.1, 0.15) is 73.6 Å². The molecule has 1 spiro atoms. The van der Waals surface area contributed by atoms with E-state index in [0.29, 0.717) is 32.5 Å². The molecule has 4 aliphatic rings. The van der Waals surface area contributed by atoms with Crippen LogP contribution >= 0.6 is 0 Å². The van der Waals surface area contributed by atoms with Gasteiger partial charge in [0.2, 0.25) is 17.7 Å². The molecule has 8 nitrogen and oxygen atoms in total. The smallest absolute Gasteiger partial charge is 0.249 e. The number of hydrogen-bond acceptors (Lipinski definition) is 5. The first-order chi connectivity index (χ1) is 18.1. The van der Waals surface area contributed by atoms with E-state index in [1.807, 2.05) is 68.7 Å². The summed E-state index contributed by atoms with van der Waals surface area (Å²) < 4.78 is 7.02. The molecule has 38 heavy (non-hydrogen) atoms. The molecule has 0 bridgehead atoms. The number of hydrogen-bond donors (Lipinski definition) is 1. The molecular weight excluding hydrogens is 482 g/mol. The third-order valence-electron chi connectivity index (χ3n) is 9.07. The summed E-state index contributed by atoms with van der Waals surface area (Å²) in [6.07, 6.45) is 11.5. The topological polar surface area (TPSA) is 90.4 Å². The van der Waals surface area contributed by atoms with Gasteiger partial charge in [-0.05, 0) is 38.5 Å². The van der Waals surface area contributed by atoms with Crippen LogP contribution in [0.15, 0.2) is 24.3 Å². The molecule has 4 aliphatic heterocycles. The van der Waals surface area contributed by atoms with Crippen molar-refractivity contribution < 1.29 is 24.2 Å². The van der Waals surface area contributed by atoms with Gasteiger partial charge in [0.15, 0.2) is 0 Å². The monoisotopic (exact) mass is 529 g/mol. The number of aliphatic hydroxyl groups is 1. The molecule has 0 saturated carbocycles. The number of carbonyl (C=O) groups is 3. The van der Waals surface area contributed by atoms with E-state index in [0.717, 1.165) is 19.3 Å². The normalized spacial score (nSPS) is 34.4. The average Bonchev–Trinajstić information content (AvgIpc) is 3.18. The molecule has 8 heteroatoms. The highest BCUT2D eigenvalue weighted by Gasteiger charge is 2.76. The van der Waals surface area contributed by atoms with Gasteiger partial charge >= 0.3 is 0 Å². The first-order valence-corrected chi connectivity index (χ1v) is 14.7. The lowest BCUT2D eigenvalue weighted by molar-refractivity contribution is -0.158. The molecule has 0 aromatic rings. The van der Waals surface area contributed by atoms with Crippen LogP contribution < -0.4 is 0 Å². The number of rotatable bonds is 10. The first kappa shape index (κ1) is 28.8. The lowest BCUT2D eigenvalue weighted by Gasteiger charge is -2.42. The maximum Gasteiger partial charge on any atom is 0.249 e. The van der Waals surface area contributed by atoms with Crippen molar-refractivity contribution >= 4 is 17.7 Å². The Labute approximate surface area is 228 Å². The molecule has 1 N–H and O–H groups in total. The minimum Gasteiger partial charge on any atom is -0.394 e. The first-order valence-electron chi connectivity index (χ1n) is 14.7. The Morgan fingerprint density at radius 2 is 1.68 bits per heavy atom. The lowest BCUT2D eigenvalue weighted by Crippen LogP contribution is -2.60. The van der Waals surface area contributed by atoms with E-state index in [-0.39, 0.29) is 36.3 Å². The van der Waals surface area contributed by atoms with Crippen LogP contribution in [-0.2, 0) is 19.1 Å². The number of carbonyl (C=O) groups excluding carboxylic acids is 3. The zero-order valence-electron chi connectivity index (χ0n) is 24.1. The summed E-state index contributed by atoms with van der Waals surface area (Å²) in [6.45, 7) is 13.5. The Kier molecular flexibility index (Phi) is 8.43. The Morgan fingerprint density at radius 1 is 0.974 bits per heavy atom. The van der Waals surface area contributed by atoms with E-state index in [2.05, 4.69) is 6.92 Å². The van der Waals surface area contributed by atoms with Gasteiger partial charge in [-0.3, -0.25) is 14.4 Å². The second-order valence-corrected chi connectivity index (χ2v) is 12.1. The quantitative estimate of drug-likeness (QED) is 0.439. The van der Waals surface area contributed by atoms with Crippen molar-refractivity contribution in [1.82, 2.24) is 14.7 Å². The predicted octanol–water partition coefficient (Wildman–Crippen LogP) is 3.15. The van der Waals surface area contributed by atoms with Crippen LogP contribution in [0.4, 0.5) is 0 Å². The third kappa shape index (κ3) is 4.41. The summed E-state index contributed by atoms with van der Waals surface area (Å²) in [6, 6.07) is -1.46. The van der Waals surface area contributed by atoms with Gasteiger partial charge in [-0.2, -0.15) is 0 Å². The fourth-order valence-corrected chi connectivity index (χ4v) is 7.42. The highest BCUT2D eigenvalue weighted by atomic mass is 16.5. The largest absolute Gasteiger partial charge is 0.394 e. The molecule has 2 unspecified atom stereocenters. The third-order valence-corrected chi connectivity index (χ3v) is 9.07. The molecule has 0 aromatic carbocycles. The number of amides is 3. The van der Waals surface area contributed by atoms with Gasteiger partial charge in [0.25, 0.3) is 0 Å². The van der Waals surface area contributed by atoms with E-state index in [4.69, 9.17) is 4.74 Å². The molecule has 4 rings (SSSR count). The van der Waals surface area contributed by atoms with E-state index in [9.17, 15) is 19.5 Å². The van der Waals surface area contributed by atoms with Crippen LogP contribution in [0, 0.1) is 17.8 Å². The molecule has 0 aliphatic carbocycles. The van der Waals surface area contributed by atoms with E-state index in [1.165, 1.54) is 0 Å². The second kappa shape index (κ2) is 11.1. The minimum atomic E-state index is -1.27. The van der Waals surface area contributed by atoms with Crippen LogP contribution in [0.25, 0.3) is 0 Å². The van der Waals surface area contributed by atoms with E-state index in [1.54, 1.807) is 4.90 Å². The zero-order valence-corrected chi connectivity index (χ0v) is 24.1. The average molecular weight is 530 g/mol. The van der Waals surface area contributed by atoms with Crippen LogP contribution in [0.5, 0.6) is 0 Å².